The van der Waals surface area contributed by atoms with E-state index in [1.165, 1.54) is 7.11 Å². The average Bonchev–Trinajstić information content (AvgIpc) is 3.60. The van der Waals surface area contributed by atoms with E-state index in [1.54, 1.807) is 22.7 Å². The Morgan fingerprint density at radius 3 is 2.12 bits per heavy atom. The molecule has 0 saturated heterocycles. The summed E-state index contributed by atoms with van der Waals surface area (Å²) in [4.78, 5) is 33.8. The van der Waals surface area contributed by atoms with Gasteiger partial charge in [0, 0.05) is 33.1 Å². The Kier molecular flexibility index (Phi) is 7.61. The van der Waals surface area contributed by atoms with E-state index >= 15 is 0 Å². The number of fused-ring (bicyclic) bond motifs is 6. The van der Waals surface area contributed by atoms with Crippen molar-refractivity contribution in [3.63, 3.8) is 0 Å². The zero-order chi connectivity index (χ0) is 29.3. The van der Waals surface area contributed by atoms with E-state index in [9.17, 15) is 4.79 Å². The minimum absolute atomic E-state index is 0.260. The predicted octanol–water partition coefficient (Wildman–Crippen LogP) is 8.74. The van der Waals surface area contributed by atoms with E-state index in [0.717, 1.165) is 52.0 Å². The molecule has 1 N–H and O–H groups in total. The van der Waals surface area contributed by atoms with Crippen molar-refractivity contribution in [2.75, 3.05) is 12.4 Å². The number of halogens is 1. The van der Waals surface area contributed by atoms with Crippen LogP contribution in [0.3, 0.4) is 0 Å². The number of esters is 1. The Balaban J connectivity index is 1.37. The van der Waals surface area contributed by atoms with Gasteiger partial charge >= 0.3 is 5.97 Å². The van der Waals surface area contributed by atoms with Crippen LogP contribution in [0.2, 0.25) is 5.15 Å². The number of hydrogen-bond acceptors (Lipinski definition) is 9. The van der Waals surface area contributed by atoms with Crippen molar-refractivity contribution in [1.29, 1.82) is 0 Å². The lowest BCUT2D eigenvalue weighted by atomic mass is 9.99. The van der Waals surface area contributed by atoms with Crippen molar-refractivity contribution >= 4 is 86.7 Å². The number of nitrogens with zero attached hydrogens (tertiary/aromatic N) is 4. The SMILES string of the molecule is COC(=O)CCCC(c1nc(Cl)c2c(n1)sc1ccccc12)c1nc(NCc2ccccc2)c2c(n1)sc1ccccc12. The molecule has 0 aliphatic rings. The fourth-order valence-electron chi connectivity index (χ4n) is 5.38. The number of hydrogen-bond donors (Lipinski definition) is 1. The smallest absolute Gasteiger partial charge is 0.305 e. The van der Waals surface area contributed by atoms with E-state index in [-0.39, 0.29) is 18.3 Å². The lowest BCUT2D eigenvalue weighted by Crippen LogP contribution is -2.13. The number of ether oxygens (including phenoxy) is 1. The fourth-order valence-corrected chi connectivity index (χ4v) is 7.88. The summed E-state index contributed by atoms with van der Waals surface area (Å²) in [6, 6.07) is 26.6. The number of nitrogens with one attached hydrogen (secondary N) is 1. The first-order chi connectivity index (χ1) is 21.1. The molecule has 3 aromatic carbocycles. The molecule has 7 nitrogen and oxygen atoms in total. The minimum atomic E-state index is -0.386. The normalized spacial score (nSPS) is 12.3. The summed E-state index contributed by atoms with van der Waals surface area (Å²) >= 11 is 10.1. The summed E-state index contributed by atoms with van der Waals surface area (Å²) in [7, 11) is 1.40. The summed E-state index contributed by atoms with van der Waals surface area (Å²) in [5, 5.41) is 7.98. The van der Waals surface area contributed by atoms with Crippen LogP contribution in [-0.4, -0.2) is 33.0 Å². The molecule has 0 bridgehead atoms. The first-order valence-electron chi connectivity index (χ1n) is 14.0. The van der Waals surface area contributed by atoms with Gasteiger partial charge in [0.2, 0.25) is 0 Å². The van der Waals surface area contributed by atoms with Crippen LogP contribution < -0.4 is 5.32 Å². The molecule has 0 saturated carbocycles. The first-order valence-corrected chi connectivity index (χ1v) is 16.0. The molecule has 0 aliphatic carbocycles. The maximum atomic E-state index is 12.0. The van der Waals surface area contributed by atoms with Gasteiger partial charge in [0.1, 0.15) is 32.3 Å². The first kappa shape index (κ1) is 27.6. The molecule has 0 spiro atoms. The molecule has 0 aliphatic heterocycles. The van der Waals surface area contributed by atoms with Gasteiger partial charge in [-0.3, -0.25) is 4.79 Å². The van der Waals surface area contributed by atoms with Gasteiger partial charge in [-0.05, 0) is 30.5 Å². The molecule has 10 heteroatoms. The van der Waals surface area contributed by atoms with Crippen molar-refractivity contribution in [2.45, 2.75) is 31.7 Å². The van der Waals surface area contributed by atoms with Gasteiger partial charge in [0.25, 0.3) is 0 Å². The summed E-state index contributed by atoms with van der Waals surface area (Å²) in [5.41, 5.74) is 1.15. The second-order valence-electron chi connectivity index (χ2n) is 10.2. The molecule has 7 rings (SSSR count). The number of carbonyl (C=O) groups excluding carboxylic acids is 1. The van der Waals surface area contributed by atoms with Gasteiger partial charge in [-0.1, -0.05) is 78.3 Å². The van der Waals surface area contributed by atoms with Crippen molar-refractivity contribution in [2.24, 2.45) is 0 Å². The van der Waals surface area contributed by atoms with Crippen LogP contribution in [0.15, 0.2) is 78.9 Å². The maximum Gasteiger partial charge on any atom is 0.305 e. The fraction of sp³-hybridized carbons (Fsp3) is 0.182. The molecule has 1 atom stereocenters. The molecular weight excluding hydrogens is 598 g/mol. The van der Waals surface area contributed by atoms with Gasteiger partial charge in [0.15, 0.2) is 0 Å². The quantitative estimate of drug-likeness (QED) is 0.127. The number of anilines is 1. The highest BCUT2D eigenvalue weighted by molar-refractivity contribution is 7.26. The summed E-state index contributed by atoms with van der Waals surface area (Å²) in [5.74, 6) is 1.25. The monoisotopic (exact) mass is 623 g/mol. The van der Waals surface area contributed by atoms with E-state index in [1.807, 2.05) is 48.5 Å². The molecule has 214 valence electrons. The van der Waals surface area contributed by atoms with Crippen LogP contribution in [0.1, 0.15) is 42.4 Å². The van der Waals surface area contributed by atoms with Gasteiger partial charge in [-0.15, -0.1) is 22.7 Å². The number of benzene rings is 3. The average molecular weight is 624 g/mol. The molecule has 0 radical (unpaired) electrons. The molecule has 4 heterocycles. The number of methoxy groups -OCH3 is 1. The van der Waals surface area contributed by atoms with E-state index in [0.29, 0.717) is 36.2 Å². The molecular formula is C33H26ClN5O2S2. The van der Waals surface area contributed by atoms with Crippen LogP contribution in [0, 0.1) is 0 Å². The van der Waals surface area contributed by atoms with Crippen LogP contribution in [0.4, 0.5) is 5.82 Å². The number of rotatable bonds is 9. The lowest BCUT2D eigenvalue weighted by Gasteiger charge is -2.17. The molecule has 0 fully saturated rings. The van der Waals surface area contributed by atoms with E-state index in [4.69, 9.17) is 36.3 Å². The van der Waals surface area contributed by atoms with Gasteiger partial charge in [0.05, 0.1) is 23.8 Å². The number of aromatic nitrogens is 4. The molecule has 0 amide bonds. The predicted molar refractivity (Wildman–Crippen MR) is 176 cm³/mol. The summed E-state index contributed by atoms with van der Waals surface area (Å²) in [6.07, 6.45) is 1.38. The zero-order valence-electron chi connectivity index (χ0n) is 23.2. The summed E-state index contributed by atoms with van der Waals surface area (Å²) in [6.45, 7) is 0.611. The third kappa shape index (κ3) is 5.40. The molecule has 1 unspecified atom stereocenters. The Hall–Kier alpha value is -4.18. The number of carbonyl (C=O) groups is 1. The standard InChI is InChI=1S/C33H26ClN5O2S2/c1-41-25(40)17-9-14-22(29-36-28(34)26-20-12-5-7-15-23(20)42-32(26)38-29)30-37-31(35-18-19-10-3-2-4-11-19)27-21-13-6-8-16-24(21)43-33(27)39-30/h2-8,10-13,15-16,22H,9,14,17-18H2,1H3,(H,35,37,39). The van der Waals surface area contributed by atoms with Gasteiger partial charge < -0.3 is 10.1 Å². The second-order valence-corrected chi connectivity index (χ2v) is 12.6. The zero-order valence-corrected chi connectivity index (χ0v) is 25.6. The van der Waals surface area contributed by atoms with Crippen molar-refractivity contribution in [3.05, 3.63) is 101 Å². The van der Waals surface area contributed by atoms with Crippen molar-refractivity contribution in [1.82, 2.24) is 19.9 Å². The largest absolute Gasteiger partial charge is 0.469 e. The second kappa shape index (κ2) is 11.8. The highest BCUT2D eigenvalue weighted by atomic mass is 35.5. The highest BCUT2D eigenvalue weighted by Gasteiger charge is 2.26. The topological polar surface area (TPSA) is 89.9 Å². The number of thiophene rings is 2. The maximum absolute atomic E-state index is 12.0. The Bertz CT molecular complexity index is 2110. The van der Waals surface area contributed by atoms with Crippen molar-refractivity contribution in [3.8, 4) is 0 Å². The van der Waals surface area contributed by atoms with Crippen molar-refractivity contribution < 1.29 is 9.53 Å². The van der Waals surface area contributed by atoms with Crippen LogP contribution in [0.5, 0.6) is 0 Å². The van der Waals surface area contributed by atoms with E-state index in [2.05, 4.69) is 35.6 Å². The van der Waals surface area contributed by atoms with Crippen LogP contribution in [-0.2, 0) is 16.1 Å². The van der Waals surface area contributed by atoms with E-state index < -0.39 is 0 Å². The third-order valence-electron chi connectivity index (χ3n) is 7.50. The molecule has 7 aromatic rings. The summed E-state index contributed by atoms with van der Waals surface area (Å²) < 4.78 is 7.15. The lowest BCUT2D eigenvalue weighted by molar-refractivity contribution is -0.140. The highest BCUT2D eigenvalue weighted by Crippen LogP contribution is 2.41. The third-order valence-corrected chi connectivity index (χ3v) is 9.90. The molecule has 43 heavy (non-hydrogen) atoms. The van der Waals surface area contributed by atoms with Crippen LogP contribution >= 0.6 is 34.3 Å². The van der Waals surface area contributed by atoms with Crippen LogP contribution in [0.25, 0.3) is 40.6 Å². The van der Waals surface area contributed by atoms with Gasteiger partial charge in [-0.2, -0.15) is 0 Å². The minimum Gasteiger partial charge on any atom is -0.469 e. The Morgan fingerprint density at radius 1 is 0.814 bits per heavy atom. The Morgan fingerprint density at radius 2 is 1.42 bits per heavy atom. The Labute approximate surface area is 260 Å². The molecule has 4 aromatic heterocycles. The van der Waals surface area contributed by atoms with Gasteiger partial charge in [-0.25, -0.2) is 19.9 Å².